The molecule has 0 radical (unpaired) electrons. The van der Waals surface area contributed by atoms with Gasteiger partial charge in [-0.1, -0.05) is 12.1 Å². The van der Waals surface area contributed by atoms with Crippen molar-refractivity contribution in [3.8, 4) is 0 Å². The molecular weight excluding hydrogens is 461 g/mol. The lowest BCUT2D eigenvalue weighted by molar-refractivity contribution is 0.0623. The summed E-state index contributed by atoms with van der Waals surface area (Å²) in [6, 6.07) is 11.2. The van der Waals surface area contributed by atoms with Crippen molar-refractivity contribution in [1.82, 2.24) is 15.1 Å². The Labute approximate surface area is 210 Å². The average molecular weight is 494 g/mol. The zero-order chi connectivity index (χ0) is 25.7. The molecule has 9 heteroatoms. The second-order valence-electron chi connectivity index (χ2n) is 9.61. The molecule has 190 valence electrons. The second kappa shape index (κ2) is 11.4. The molecule has 1 heterocycles. The van der Waals surface area contributed by atoms with Gasteiger partial charge in [-0.25, -0.2) is 14.2 Å². The quantitative estimate of drug-likeness (QED) is 0.572. The minimum atomic E-state index is -0.658. The molecule has 2 N–H and O–H groups in total. The maximum atomic E-state index is 14.7. The smallest absolute Gasteiger partial charge is 0.319 e. The van der Waals surface area contributed by atoms with Crippen molar-refractivity contribution in [2.24, 2.45) is 10.9 Å². The van der Waals surface area contributed by atoms with Crippen molar-refractivity contribution in [3.63, 3.8) is 0 Å². The van der Waals surface area contributed by atoms with E-state index in [4.69, 9.17) is 0 Å². The summed E-state index contributed by atoms with van der Waals surface area (Å²) in [6.07, 6.45) is 2.25. The summed E-state index contributed by atoms with van der Waals surface area (Å²) in [5.41, 5.74) is 2.56. The number of amides is 4. The monoisotopic (exact) mass is 493 g/mol. The van der Waals surface area contributed by atoms with Gasteiger partial charge in [-0.3, -0.25) is 14.5 Å². The van der Waals surface area contributed by atoms with E-state index in [1.54, 1.807) is 30.9 Å². The molecule has 4 amide bonds. The van der Waals surface area contributed by atoms with Crippen LogP contribution in [0, 0.1) is 11.7 Å². The summed E-state index contributed by atoms with van der Waals surface area (Å²) >= 11 is 0. The van der Waals surface area contributed by atoms with Crippen LogP contribution >= 0.6 is 0 Å². The van der Waals surface area contributed by atoms with Crippen LogP contribution in [0.5, 0.6) is 0 Å². The van der Waals surface area contributed by atoms with E-state index in [1.807, 2.05) is 18.2 Å². The van der Waals surface area contributed by atoms with Crippen molar-refractivity contribution in [3.05, 3.63) is 65.0 Å². The minimum Gasteiger partial charge on any atom is -0.338 e. The largest absolute Gasteiger partial charge is 0.338 e. The normalized spacial score (nSPS) is 15.8. The standard InChI is InChI=1S/C27H32FN5O3/c1-18(2)30-25(34)21-5-3-4-20(14-21)17-32-10-12-33(13-11-32)26(35)23-9-8-22(15-24(23)28)31-27(36)29-16-19-6-7-19/h3-5,8-9,14-15,19H,6-7,10-13,16-17H2,1-2H3,(H2,29,31,36). The fourth-order valence-corrected chi connectivity index (χ4v) is 4.11. The average Bonchev–Trinajstić information content (AvgIpc) is 3.67. The summed E-state index contributed by atoms with van der Waals surface area (Å²) in [7, 11) is 0. The number of piperazine rings is 1. The van der Waals surface area contributed by atoms with E-state index in [0.717, 1.165) is 18.4 Å². The van der Waals surface area contributed by atoms with Gasteiger partial charge in [0.15, 0.2) is 0 Å². The molecule has 2 aliphatic rings. The van der Waals surface area contributed by atoms with Crippen LogP contribution in [0.1, 0.15) is 53.0 Å². The topological polar surface area (TPSA) is 94.1 Å². The highest BCUT2D eigenvalue weighted by atomic mass is 19.1. The van der Waals surface area contributed by atoms with Crippen LogP contribution in [-0.2, 0) is 6.54 Å². The number of hydrogen-bond donors (Lipinski definition) is 2. The summed E-state index contributed by atoms with van der Waals surface area (Å²) < 4.78 is 14.7. The van der Waals surface area contributed by atoms with Gasteiger partial charge >= 0.3 is 6.03 Å². The first-order valence-electron chi connectivity index (χ1n) is 12.3. The SMILES string of the molecule is CC(C)=NC(=O)c1cccc(CN2CCN(C(=O)c3ccc(NC(=O)NCC4CC4)cc3F)CC2)c1. The fourth-order valence-electron chi connectivity index (χ4n) is 4.11. The second-order valence-corrected chi connectivity index (χ2v) is 9.61. The van der Waals surface area contributed by atoms with Crippen LogP contribution in [-0.4, -0.2) is 66.1 Å². The van der Waals surface area contributed by atoms with Gasteiger partial charge < -0.3 is 15.5 Å². The molecule has 0 unspecified atom stereocenters. The molecule has 0 bridgehead atoms. The molecule has 4 rings (SSSR count). The zero-order valence-corrected chi connectivity index (χ0v) is 20.7. The van der Waals surface area contributed by atoms with Crippen molar-refractivity contribution >= 4 is 29.2 Å². The lowest BCUT2D eigenvalue weighted by Crippen LogP contribution is -2.48. The first-order valence-corrected chi connectivity index (χ1v) is 12.3. The summed E-state index contributed by atoms with van der Waals surface area (Å²) in [5, 5.41) is 5.38. The number of carbonyl (C=O) groups is 3. The van der Waals surface area contributed by atoms with Gasteiger partial charge in [0.2, 0.25) is 0 Å². The van der Waals surface area contributed by atoms with Crippen molar-refractivity contribution < 1.29 is 18.8 Å². The Kier molecular flexibility index (Phi) is 8.10. The van der Waals surface area contributed by atoms with Gasteiger partial charge in [-0.05, 0) is 68.5 Å². The van der Waals surface area contributed by atoms with Crippen LogP contribution in [0.2, 0.25) is 0 Å². The highest BCUT2D eigenvalue weighted by Gasteiger charge is 2.25. The predicted molar refractivity (Wildman–Crippen MR) is 137 cm³/mol. The van der Waals surface area contributed by atoms with Crippen LogP contribution in [0.4, 0.5) is 14.9 Å². The van der Waals surface area contributed by atoms with Gasteiger partial charge in [0.1, 0.15) is 5.82 Å². The molecule has 0 atom stereocenters. The molecular formula is C27H32FN5O3. The van der Waals surface area contributed by atoms with Gasteiger partial charge in [0.25, 0.3) is 11.8 Å². The van der Waals surface area contributed by atoms with E-state index >= 15 is 0 Å². The number of halogens is 1. The summed E-state index contributed by atoms with van der Waals surface area (Å²) in [5.74, 6) is -0.729. The molecule has 1 aliphatic heterocycles. The number of benzene rings is 2. The van der Waals surface area contributed by atoms with Gasteiger partial charge in [0.05, 0.1) is 5.56 Å². The fraction of sp³-hybridized carbons (Fsp3) is 0.407. The Morgan fingerprint density at radius 2 is 1.78 bits per heavy atom. The van der Waals surface area contributed by atoms with Gasteiger partial charge in [-0.2, -0.15) is 0 Å². The lowest BCUT2D eigenvalue weighted by atomic mass is 10.1. The van der Waals surface area contributed by atoms with E-state index in [9.17, 15) is 18.8 Å². The first kappa shape index (κ1) is 25.5. The number of carbonyl (C=O) groups excluding carboxylic acids is 3. The highest BCUT2D eigenvalue weighted by Crippen LogP contribution is 2.27. The molecule has 1 saturated carbocycles. The van der Waals surface area contributed by atoms with E-state index in [2.05, 4.69) is 20.5 Å². The molecule has 2 aromatic carbocycles. The number of nitrogens with one attached hydrogen (secondary N) is 2. The third-order valence-corrected chi connectivity index (χ3v) is 6.27. The minimum absolute atomic E-state index is 0.00891. The first-order chi connectivity index (χ1) is 17.3. The third kappa shape index (κ3) is 6.97. The maximum absolute atomic E-state index is 14.7. The summed E-state index contributed by atoms with van der Waals surface area (Å²) in [4.78, 5) is 44.9. The van der Waals surface area contributed by atoms with E-state index in [1.165, 1.54) is 12.1 Å². The van der Waals surface area contributed by atoms with Crippen LogP contribution in [0.15, 0.2) is 47.5 Å². The predicted octanol–water partition coefficient (Wildman–Crippen LogP) is 3.94. The van der Waals surface area contributed by atoms with Crippen molar-refractivity contribution in [2.75, 3.05) is 38.0 Å². The lowest BCUT2D eigenvalue weighted by Gasteiger charge is -2.35. The Bertz CT molecular complexity index is 1170. The molecule has 1 aliphatic carbocycles. The molecule has 8 nitrogen and oxygen atoms in total. The van der Waals surface area contributed by atoms with Crippen LogP contribution in [0.25, 0.3) is 0 Å². The number of hydrogen-bond acceptors (Lipinski definition) is 4. The Morgan fingerprint density at radius 1 is 1.03 bits per heavy atom. The molecule has 1 saturated heterocycles. The molecule has 36 heavy (non-hydrogen) atoms. The maximum Gasteiger partial charge on any atom is 0.319 e. The van der Waals surface area contributed by atoms with E-state index in [-0.39, 0.29) is 23.4 Å². The van der Waals surface area contributed by atoms with E-state index in [0.29, 0.717) is 62.1 Å². The van der Waals surface area contributed by atoms with Crippen molar-refractivity contribution in [2.45, 2.75) is 33.2 Å². The van der Waals surface area contributed by atoms with Crippen LogP contribution in [0.3, 0.4) is 0 Å². The van der Waals surface area contributed by atoms with E-state index < -0.39 is 5.82 Å². The van der Waals surface area contributed by atoms with Gasteiger partial charge in [-0.15, -0.1) is 0 Å². The number of rotatable bonds is 7. The van der Waals surface area contributed by atoms with Crippen LogP contribution < -0.4 is 10.6 Å². The zero-order valence-electron chi connectivity index (χ0n) is 20.7. The molecule has 2 fully saturated rings. The Balaban J connectivity index is 1.29. The molecule has 0 aromatic heterocycles. The molecule has 0 spiro atoms. The molecule has 2 aromatic rings. The number of anilines is 1. The Morgan fingerprint density at radius 3 is 2.44 bits per heavy atom. The third-order valence-electron chi connectivity index (χ3n) is 6.27. The van der Waals surface area contributed by atoms with Gasteiger partial charge in [0, 0.05) is 56.2 Å². The summed E-state index contributed by atoms with van der Waals surface area (Å²) in [6.45, 7) is 7.06. The number of urea groups is 1. The van der Waals surface area contributed by atoms with Crippen molar-refractivity contribution in [1.29, 1.82) is 0 Å². The number of aliphatic imine (C=N–C) groups is 1. The highest BCUT2D eigenvalue weighted by molar-refractivity contribution is 6.02. The number of nitrogens with zero attached hydrogens (tertiary/aromatic N) is 3. The Hall–Kier alpha value is -3.59.